The maximum Gasteiger partial charge on any atom is 0.245 e. The number of aryl methyl sites for hydroxylation is 1. The first kappa shape index (κ1) is 18.5. The molecule has 0 spiro atoms. The Bertz CT molecular complexity index is 767. The first-order valence-electron chi connectivity index (χ1n) is 8.79. The van der Waals surface area contributed by atoms with E-state index < -0.39 is 0 Å². The summed E-state index contributed by atoms with van der Waals surface area (Å²) in [5.41, 5.74) is 0.936. The topological polar surface area (TPSA) is 84.2 Å². The molecule has 1 atom stereocenters. The van der Waals surface area contributed by atoms with Gasteiger partial charge in [-0.05, 0) is 43.4 Å². The van der Waals surface area contributed by atoms with Gasteiger partial charge in [0.1, 0.15) is 5.76 Å². The maximum absolute atomic E-state index is 12.8. The van der Waals surface area contributed by atoms with Crippen LogP contribution in [-0.4, -0.2) is 23.5 Å². The number of hydrogen-bond acceptors (Lipinski definition) is 4. The number of nitrogens with zero attached hydrogens (tertiary/aromatic N) is 1. The van der Waals surface area contributed by atoms with Crippen molar-refractivity contribution in [1.82, 2.24) is 10.5 Å². The van der Waals surface area contributed by atoms with E-state index in [1.54, 1.807) is 25.1 Å². The predicted octanol–water partition coefficient (Wildman–Crippen LogP) is 3.67. The first-order chi connectivity index (χ1) is 12.5. The van der Waals surface area contributed by atoms with Gasteiger partial charge in [0.05, 0.1) is 12.5 Å². The Morgan fingerprint density at radius 2 is 1.96 bits per heavy atom. The average Bonchev–Trinajstić information content (AvgIpc) is 3.27. The second-order valence-electron chi connectivity index (χ2n) is 6.66. The molecule has 6 nitrogen and oxygen atoms in total. The van der Waals surface area contributed by atoms with Crippen molar-refractivity contribution in [2.45, 2.75) is 38.5 Å². The molecule has 0 radical (unpaired) electrons. The summed E-state index contributed by atoms with van der Waals surface area (Å²) < 4.78 is 4.90. The highest BCUT2D eigenvalue weighted by Gasteiger charge is 2.32. The van der Waals surface area contributed by atoms with E-state index in [1.165, 1.54) is 0 Å². The minimum absolute atomic E-state index is 0.110. The summed E-state index contributed by atoms with van der Waals surface area (Å²) >= 11 is 5.97. The van der Waals surface area contributed by atoms with E-state index in [9.17, 15) is 9.59 Å². The van der Waals surface area contributed by atoms with Crippen LogP contribution >= 0.6 is 11.6 Å². The molecule has 2 amide bonds. The lowest BCUT2D eigenvalue weighted by atomic mass is 9.84. The number of aromatic nitrogens is 1. The molecule has 3 rings (SSSR count). The summed E-state index contributed by atoms with van der Waals surface area (Å²) in [5, 5.41) is 9.70. The van der Waals surface area contributed by atoms with Crippen LogP contribution in [-0.2, 0) is 9.59 Å². The zero-order chi connectivity index (χ0) is 18.5. The first-order valence-corrected chi connectivity index (χ1v) is 9.17. The molecule has 2 aromatic rings. The van der Waals surface area contributed by atoms with Gasteiger partial charge in [-0.3, -0.25) is 9.59 Å². The predicted molar refractivity (Wildman–Crippen MR) is 99.0 cm³/mol. The van der Waals surface area contributed by atoms with E-state index in [-0.39, 0.29) is 30.2 Å². The van der Waals surface area contributed by atoms with Crippen molar-refractivity contribution in [3.8, 4) is 0 Å². The number of benzene rings is 1. The molecular formula is C19H22ClN3O3. The molecule has 1 fully saturated rings. The minimum atomic E-state index is -0.340. The average molecular weight is 376 g/mol. The van der Waals surface area contributed by atoms with Crippen LogP contribution in [0.1, 0.15) is 42.9 Å². The number of carbonyl (C=O) groups excluding carboxylic acids is 2. The van der Waals surface area contributed by atoms with Crippen LogP contribution in [0.4, 0.5) is 5.82 Å². The summed E-state index contributed by atoms with van der Waals surface area (Å²) in [7, 11) is 0. The van der Waals surface area contributed by atoms with Gasteiger partial charge in [0, 0.05) is 11.1 Å². The van der Waals surface area contributed by atoms with Crippen molar-refractivity contribution in [1.29, 1.82) is 0 Å². The van der Waals surface area contributed by atoms with Crippen LogP contribution in [0.3, 0.4) is 0 Å². The van der Waals surface area contributed by atoms with Crippen molar-refractivity contribution < 1.29 is 14.1 Å². The van der Waals surface area contributed by atoms with E-state index in [4.69, 9.17) is 16.1 Å². The van der Waals surface area contributed by atoms with Gasteiger partial charge in [0.2, 0.25) is 11.8 Å². The Balaban J connectivity index is 1.63. The maximum atomic E-state index is 12.8. The Labute approximate surface area is 157 Å². The van der Waals surface area contributed by atoms with Gasteiger partial charge in [0.15, 0.2) is 5.82 Å². The second kappa shape index (κ2) is 8.36. The quantitative estimate of drug-likeness (QED) is 0.806. The minimum Gasteiger partial charge on any atom is -0.360 e. The standard InChI is InChI=1S/C19H22ClN3O3/c1-12-10-16(23-26-12)22-17(24)11-21-19(25)18(13-4-2-3-5-13)14-6-8-15(20)9-7-14/h6-10,13,18H,2-5,11H2,1H3,(H,21,25)(H,22,23,24). The van der Waals surface area contributed by atoms with Crippen molar-refractivity contribution in [3.05, 3.63) is 46.7 Å². The largest absolute Gasteiger partial charge is 0.360 e. The fourth-order valence-electron chi connectivity index (χ4n) is 3.49. The van der Waals surface area contributed by atoms with Gasteiger partial charge in [-0.25, -0.2) is 0 Å². The highest BCUT2D eigenvalue weighted by Crippen LogP contribution is 2.37. The number of amides is 2. The van der Waals surface area contributed by atoms with Crippen LogP contribution in [0.2, 0.25) is 5.02 Å². The molecule has 0 aliphatic heterocycles. The Morgan fingerprint density at radius 3 is 2.58 bits per heavy atom. The zero-order valence-electron chi connectivity index (χ0n) is 14.6. The third kappa shape index (κ3) is 4.64. The van der Waals surface area contributed by atoms with E-state index in [2.05, 4.69) is 15.8 Å². The fraction of sp³-hybridized carbons (Fsp3) is 0.421. The molecule has 1 saturated carbocycles. The van der Waals surface area contributed by atoms with Gasteiger partial charge < -0.3 is 15.2 Å². The summed E-state index contributed by atoms with van der Waals surface area (Å²) in [4.78, 5) is 24.8. The highest BCUT2D eigenvalue weighted by atomic mass is 35.5. The van der Waals surface area contributed by atoms with Gasteiger partial charge in [-0.15, -0.1) is 0 Å². The number of rotatable bonds is 6. The lowest BCUT2D eigenvalue weighted by molar-refractivity contribution is -0.126. The van der Waals surface area contributed by atoms with Crippen LogP contribution in [0.15, 0.2) is 34.9 Å². The normalized spacial score (nSPS) is 15.6. The van der Waals surface area contributed by atoms with Crippen molar-refractivity contribution in [2.75, 3.05) is 11.9 Å². The molecule has 7 heteroatoms. The number of halogens is 1. The Hall–Kier alpha value is -2.34. The molecule has 1 heterocycles. The molecule has 1 aromatic heterocycles. The molecule has 0 bridgehead atoms. The molecule has 1 aromatic carbocycles. The zero-order valence-corrected chi connectivity index (χ0v) is 15.4. The second-order valence-corrected chi connectivity index (χ2v) is 7.10. The van der Waals surface area contributed by atoms with Gasteiger partial charge in [-0.2, -0.15) is 0 Å². The number of anilines is 1. The summed E-state index contributed by atoms with van der Waals surface area (Å²) in [6.07, 6.45) is 4.30. The van der Waals surface area contributed by atoms with E-state index in [1.807, 2.05) is 12.1 Å². The van der Waals surface area contributed by atoms with Crippen LogP contribution < -0.4 is 10.6 Å². The molecule has 138 valence electrons. The molecule has 26 heavy (non-hydrogen) atoms. The van der Waals surface area contributed by atoms with Crippen molar-refractivity contribution >= 4 is 29.2 Å². The fourth-order valence-corrected chi connectivity index (χ4v) is 3.61. The third-order valence-electron chi connectivity index (χ3n) is 4.70. The smallest absolute Gasteiger partial charge is 0.245 e. The van der Waals surface area contributed by atoms with Crippen LogP contribution in [0, 0.1) is 12.8 Å². The molecule has 1 aliphatic carbocycles. The van der Waals surface area contributed by atoms with Gasteiger partial charge in [0.25, 0.3) is 0 Å². The SMILES string of the molecule is Cc1cc(NC(=O)CNC(=O)C(c2ccc(Cl)cc2)C2CCCC2)no1. The summed E-state index contributed by atoms with van der Waals surface area (Å²) in [5.74, 6) is 0.494. The van der Waals surface area contributed by atoms with Gasteiger partial charge in [-0.1, -0.05) is 41.7 Å². The molecule has 1 unspecified atom stereocenters. The van der Waals surface area contributed by atoms with Crippen molar-refractivity contribution in [3.63, 3.8) is 0 Å². The van der Waals surface area contributed by atoms with Crippen molar-refractivity contribution in [2.24, 2.45) is 5.92 Å². The number of nitrogens with one attached hydrogen (secondary N) is 2. The van der Waals surface area contributed by atoms with E-state index in [0.717, 1.165) is 31.2 Å². The summed E-state index contributed by atoms with van der Waals surface area (Å²) in [6, 6.07) is 9.00. The number of carbonyl (C=O) groups is 2. The van der Waals surface area contributed by atoms with Crippen LogP contribution in [0.5, 0.6) is 0 Å². The Kier molecular flexibility index (Phi) is 5.93. The van der Waals surface area contributed by atoms with E-state index in [0.29, 0.717) is 16.6 Å². The highest BCUT2D eigenvalue weighted by molar-refractivity contribution is 6.30. The lowest BCUT2D eigenvalue weighted by Gasteiger charge is -2.23. The Morgan fingerprint density at radius 1 is 1.27 bits per heavy atom. The molecule has 2 N–H and O–H groups in total. The molecule has 1 aliphatic rings. The number of hydrogen-bond donors (Lipinski definition) is 2. The van der Waals surface area contributed by atoms with Crippen LogP contribution in [0.25, 0.3) is 0 Å². The molecule has 0 saturated heterocycles. The van der Waals surface area contributed by atoms with Gasteiger partial charge >= 0.3 is 0 Å². The third-order valence-corrected chi connectivity index (χ3v) is 4.95. The molecular weight excluding hydrogens is 354 g/mol. The monoisotopic (exact) mass is 375 g/mol. The van der Waals surface area contributed by atoms with E-state index >= 15 is 0 Å². The lowest BCUT2D eigenvalue weighted by Crippen LogP contribution is -2.38. The summed E-state index contributed by atoms with van der Waals surface area (Å²) in [6.45, 7) is 1.63.